The van der Waals surface area contributed by atoms with Gasteiger partial charge in [-0.05, 0) is 25.8 Å². The largest absolute Gasteiger partial charge is 0.454 e. The van der Waals surface area contributed by atoms with Crippen molar-refractivity contribution in [2.24, 2.45) is 0 Å². The zero-order chi connectivity index (χ0) is 13.5. The van der Waals surface area contributed by atoms with Crippen LogP contribution in [0, 0.1) is 0 Å². The number of hydrogen-bond donors (Lipinski definition) is 1. The Morgan fingerprint density at radius 1 is 1.44 bits per heavy atom. The highest BCUT2D eigenvalue weighted by Crippen LogP contribution is 2.28. The van der Waals surface area contributed by atoms with E-state index in [1.165, 1.54) is 0 Å². The molecule has 0 aliphatic rings. The summed E-state index contributed by atoms with van der Waals surface area (Å²) in [5.74, 6) is -0.362. The molecule has 0 bridgehead atoms. The summed E-state index contributed by atoms with van der Waals surface area (Å²) in [6.07, 6.45) is 2.54. The molecule has 1 rings (SSSR count). The molecule has 0 saturated carbocycles. The van der Waals surface area contributed by atoms with Crippen LogP contribution in [-0.4, -0.2) is 5.97 Å². The molecular formula is C15H21NO2. The minimum absolute atomic E-state index is 0.282. The van der Waals surface area contributed by atoms with Gasteiger partial charge in [-0.15, -0.1) is 0 Å². The summed E-state index contributed by atoms with van der Waals surface area (Å²) in [6, 6.07) is 7.50. The first kappa shape index (κ1) is 14.3. The molecule has 0 aliphatic heterocycles. The summed E-state index contributed by atoms with van der Waals surface area (Å²) in [5.41, 5.74) is 7.88. The monoisotopic (exact) mass is 247 g/mol. The summed E-state index contributed by atoms with van der Waals surface area (Å²) >= 11 is 0. The zero-order valence-corrected chi connectivity index (χ0v) is 11.1. The van der Waals surface area contributed by atoms with E-state index >= 15 is 0 Å². The van der Waals surface area contributed by atoms with Gasteiger partial charge in [-0.25, -0.2) is 4.79 Å². The smallest absolute Gasteiger partial charge is 0.333 e. The van der Waals surface area contributed by atoms with Gasteiger partial charge in [0.1, 0.15) is 6.10 Å². The quantitative estimate of drug-likeness (QED) is 0.474. The number of benzene rings is 1. The van der Waals surface area contributed by atoms with Gasteiger partial charge in [0.2, 0.25) is 0 Å². The average molecular weight is 247 g/mol. The molecule has 3 nitrogen and oxygen atoms in total. The molecule has 0 aliphatic carbocycles. The maximum Gasteiger partial charge on any atom is 0.333 e. The Kier molecular flexibility index (Phi) is 5.43. The van der Waals surface area contributed by atoms with Crippen LogP contribution in [0.5, 0.6) is 0 Å². The molecule has 1 aromatic carbocycles. The van der Waals surface area contributed by atoms with Gasteiger partial charge in [-0.2, -0.15) is 0 Å². The van der Waals surface area contributed by atoms with Gasteiger partial charge < -0.3 is 10.5 Å². The van der Waals surface area contributed by atoms with Gasteiger partial charge in [-0.1, -0.05) is 38.1 Å². The van der Waals surface area contributed by atoms with Crippen molar-refractivity contribution < 1.29 is 9.53 Å². The Balaban J connectivity index is 2.87. The second kappa shape index (κ2) is 6.84. The van der Waals surface area contributed by atoms with Crippen LogP contribution >= 0.6 is 0 Å². The number of anilines is 1. The van der Waals surface area contributed by atoms with Crippen LogP contribution in [0.15, 0.2) is 36.4 Å². The third kappa shape index (κ3) is 3.91. The fourth-order valence-electron chi connectivity index (χ4n) is 1.70. The number of carbonyl (C=O) groups is 1. The Morgan fingerprint density at radius 3 is 2.67 bits per heavy atom. The van der Waals surface area contributed by atoms with Gasteiger partial charge in [0, 0.05) is 16.8 Å². The van der Waals surface area contributed by atoms with Crippen LogP contribution in [0.2, 0.25) is 0 Å². The number of esters is 1. The molecule has 0 fully saturated rings. The van der Waals surface area contributed by atoms with E-state index in [1.54, 1.807) is 6.92 Å². The highest BCUT2D eigenvalue weighted by Gasteiger charge is 2.18. The Labute approximate surface area is 109 Å². The second-order valence-electron chi connectivity index (χ2n) is 4.45. The predicted octanol–water partition coefficient (Wildman–Crippen LogP) is 3.62. The number of carbonyl (C=O) groups excluding carboxylic acids is 1. The second-order valence-corrected chi connectivity index (χ2v) is 4.45. The number of unbranched alkanes of at least 4 members (excludes halogenated alkanes) is 1. The minimum Gasteiger partial charge on any atom is -0.454 e. The van der Waals surface area contributed by atoms with Crippen molar-refractivity contribution in [1.29, 1.82) is 0 Å². The first-order valence-electron chi connectivity index (χ1n) is 6.27. The van der Waals surface area contributed by atoms with Crippen molar-refractivity contribution >= 4 is 11.7 Å². The van der Waals surface area contributed by atoms with Crippen molar-refractivity contribution in [2.45, 2.75) is 39.2 Å². The number of ether oxygens (including phenoxy) is 1. The van der Waals surface area contributed by atoms with Crippen LogP contribution in [0.1, 0.15) is 44.8 Å². The molecule has 1 atom stereocenters. The molecule has 0 heterocycles. The molecule has 0 spiro atoms. The number of rotatable bonds is 6. The summed E-state index contributed by atoms with van der Waals surface area (Å²) in [5, 5.41) is 0. The first-order chi connectivity index (χ1) is 8.56. The van der Waals surface area contributed by atoms with E-state index in [2.05, 4.69) is 13.5 Å². The molecule has 0 radical (unpaired) electrons. The topological polar surface area (TPSA) is 52.3 Å². The molecule has 0 saturated heterocycles. The lowest BCUT2D eigenvalue weighted by atomic mass is 10.0. The standard InChI is InChI=1S/C15H21NO2/c1-4-5-10-14(18-15(17)11(2)3)12-8-6-7-9-13(12)16/h6-9,14H,2,4-5,10,16H2,1,3H3. The highest BCUT2D eigenvalue weighted by molar-refractivity contribution is 5.87. The van der Waals surface area contributed by atoms with E-state index in [0.717, 1.165) is 24.8 Å². The zero-order valence-electron chi connectivity index (χ0n) is 11.1. The molecule has 0 aromatic heterocycles. The van der Waals surface area contributed by atoms with Crippen LogP contribution in [0.25, 0.3) is 0 Å². The third-order valence-electron chi connectivity index (χ3n) is 2.76. The van der Waals surface area contributed by atoms with Crippen LogP contribution in [0.3, 0.4) is 0 Å². The fraction of sp³-hybridized carbons (Fsp3) is 0.400. The lowest BCUT2D eigenvalue weighted by Crippen LogP contribution is -2.13. The number of hydrogen-bond acceptors (Lipinski definition) is 3. The number of para-hydroxylation sites is 1. The van der Waals surface area contributed by atoms with E-state index in [1.807, 2.05) is 24.3 Å². The molecule has 18 heavy (non-hydrogen) atoms. The molecule has 2 N–H and O–H groups in total. The maximum atomic E-state index is 11.6. The SMILES string of the molecule is C=C(C)C(=O)OC(CCCC)c1ccccc1N. The third-order valence-corrected chi connectivity index (χ3v) is 2.76. The predicted molar refractivity (Wildman–Crippen MR) is 74.0 cm³/mol. The molecular weight excluding hydrogens is 226 g/mol. The molecule has 3 heteroatoms. The summed E-state index contributed by atoms with van der Waals surface area (Å²) in [6.45, 7) is 7.35. The van der Waals surface area contributed by atoms with Gasteiger partial charge in [0.15, 0.2) is 0 Å². The van der Waals surface area contributed by atoms with Gasteiger partial charge >= 0.3 is 5.97 Å². The Hall–Kier alpha value is -1.77. The fourth-order valence-corrected chi connectivity index (χ4v) is 1.70. The summed E-state index contributed by atoms with van der Waals surface area (Å²) < 4.78 is 5.46. The molecule has 98 valence electrons. The van der Waals surface area contributed by atoms with E-state index in [9.17, 15) is 4.79 Å². The summed E-state index contributed by atoms with van der Waals surface area (Å²) in [7, 11) is 0. The molecule has 1 unspecified atom stereocenters. The lowest BCUT2D eigenvalue weighted by molar-refractivity contribution is -0.145. The highest BCUT2D eigenvalue weighted by atomic mass is 16.5. The molecule has 0 amide bonds. The number of nitrogens with two attached hydrogens (primary N) is 1. The van der Waals surface area contributed by atoms with Crippen molar-refractivity contribution in [2.75, 3.05) is 5.73 Å². The van der Waals surface area contributed by atoms with E-state index < -0.39 is 0 Å². The van der Waals surface area contributed by atoms with Crippen LogP contribution < -0.4 is 5.73 Å². The van der Waals surface area contributed by atoms with E-state index in [-0.39, 0.29) is 12.1 Å². The average Bonchev–Trinajstić information content (AvgIpc) is 2.35. The van der Waals surface area contributed by atoms with Crippen LogP contribution in [0.4, 0.5) is 5.69 Å². The Morgan fingerprint density at radius 2 is 2.11 bits per heavy atom. The normalized spacial score (nSPS) is 11.9. The van der Waals surface area contributed by atoms with Crippen molar-refractivity contribution in [3.63, 3.8) is 0 Å². The summed E-state index contributed by atoms with van der Waals surface area (Å²) in [4.78, 5) is 11.6. The lowest BCUT2D eigenvalue weighted by Gasteiger charge is -2.19. The van der Waals surface area contributed by atoms with Crippen LogP contribution in [-0.2, 0) is 9.53 Å². The van der Waals surface area contributed by atoms with E-state index in [4.69, 9.17) is 10.5 Å². The van der Waals surface area contributed by atoms with Gasteiger partial charge in [0.25, 0.3) is 0 Å². The Bertz CT molecular complexity index is 426. The minimum atomic E-state index is -0.362. The van der Waals surface area contributed by atoms with Crippen molar-refractivity contribution in [1.82, 2.24) is 0 Å². The maximum absolute atomic E-state index is 11.6. The van der Waals surface area contributed by atoms with Gasteiger partial charge in [-0.3, -0.25) is 0 Å². The van der Waals surface area contributed by atoms with Crippen molar-refractivity contribution in [3.05, 3.63) is 42.0 Å². The molecule has 1 aromatic rings. The number of nitrogen functional groups attached to an aromatic ring is 1. The van der Waals surface area contributed by atoms with Gasteiger partial charge in [0.05, 0.1) is 0 Å². The first-order valence-corrected chi connectivity index (χ1v) is 6.27. The van der Waals surface area contributed by atoms with Crippen molar-refractivity contribution in [3.8, 4) is 0 Å². The van der Waals surface area contributed by atoms with E-state index in [0.29, 0.717) is 11.3 Å².